The standard InChI is InChI=1S/C29H25N7O2/c1-38-22-5-7-26-23(15-22)18(17-33-26)8-11-31-28(37)27-14-20-13-21(4-6-24(20)35-27)34-29-32-12-9-25(36-29)19-3-2-10-30-16-19/h2-7,9-10,12-17,33,35H,8,11H2,1H3,(H,31,37)(H,32,34,36). The van der Waals surface area contributed by atoms with Gasteiger partial charge in [-0.25, -0.2) is 9.97 Å². The van der Waals surface area contributed by atoms with Gasteiger partial charge in [0.25, 0.3) is 5.91 Å². The summed E-state index contributed by atoms with van der Waals surface area (Å²) in [5, 5.41) is 8.27. The predicted molar refractivity (Wildman–Crippen MR) is 148 cm³/mol. The van der Waals surface area contributed by atoms with E-state index < -0.39 is 0 Å². The molecule has 4 aromatic heterocycles. The van der Waals surface area contributed by atoms with Crippen molar-refractivity contribution in [1.29, 1.82) is 0 Å². The van der Waals surface area contributed by atoms with Crippen molar-refractivity contribution in [2.45, 2.75) is 6.42 Å². The fourth-order valence-corrected chi connectivity index (χ4v) is 4.45. The van der Waals surface area contributed by atoms with E-state index in [1.807, 2.05) is 66.9 Å². The van der Waals surface area contributed by atoms with Crippen molar-refractivity contribution >= 4 is 39.3 Å². The summed E-state index contributed by atoms with van der Waals surface area (Å²) in [4.78, 5) is 32.4. The van der Waals surface area contributed by atoms with E-state index in [1.54, 1.807) is 25.7 Å². The van der Waals surface area contributed by atoms with Crippen LogP contribution in [0, 0.1) is 0 Å². The minimum absolute atomic E-state index is 0.152. The molecule has 9 nitrogen and oxygen atoms in total. The number of carbonyl (C=O) groups is 1. The molecule has 6 rings (SSSR count). The van der Waals surface area contributed by atoms with Gasteiger partial charge in [-0.1, -0.05) is 0 Å². The van der Waals surface area contributed by atoms with Gasteiger partial charge in [0.15, 0.2) is 0 Å². The van der Waals surface area contributed by atoms with E-state index in [2.05, 4.69) is 35.6 Å². The quantitative estimate of drug-likeness (QED) is 0.226. The Morgan fingerprint density at radius 3 is 2.82 bits per heavy atom. The average Bonchev–Trinajstić information content (AvgIpc) is 3.57. The largest absolute Gasteiger partial charge is 0.497 e. The van der Waals surface area contributed by atoms with Gasteiger partial charge in [-0.3, -0.25) is 9.78 Å². The smallest absolute Gasteiger partial charge is 0.267 e. The molecule has 0 aliphatic rings. The van der Waals surface area contributed by atoms with Crippen molar-refractivity contribution in [1.82, 2.24) is 30.2 Å². The van der Waals surface area contributed by atoms with Gasteiger partial charge in [-0.2, -0.15) is 0 Å². The number of benzene rings is 2. The number of nitrogens with one attached hydrogen (secondary N) is 4. The number of nitrogens with zero attached hydrogens (tertiary/aromatic N) is 3. The van der Waals surface area contributed by atoms with E-state index in [4.69, 9.17) is 4.74 Å². The Kier molecular flexibility index (Phi) is 6.15. The second kappa shape index (κ2) is 10.1. The summed E-state index contributed by atoms with van der Waals surface area (Å²) in [7, 11) is 1.65. The third-order valence-corrected chi connectivity index (χ3v) is 6.39. The molecule has 0 aliphatic heterocycles. The number of hydrogen-bond acceptors (Lipinski definition) is 6. The van der Waals surface area contributed by atoms with Gasteiger partial charge in [-0.15, -0.1) is 0 Å². The van der Waals surface area contributed by atoms with Crippen molar-refractivity contribution in [2.75, 3.05) is 19.0 Å². The van der Waals surface area contributed by atoms with Crippen LogP contribution in [0.2, 0.25) is 0 Å². The molecule has 0 bridgehead atoms. The molecule has 6 aromatic rings. The summed E-state index contributed by atoms with van der Waals surface area (Å²) in [6.45, 7) is 0.510. The van der Waals surface area contributed by atoms with Crippen molar-refractivity contribution in [3.05, 3.63) is 96.7 Å². The lowest BCUT2D eigenvalue weighted by Crippen LogP contribution is -2.25. The van der Waals surface area contributed by atoms with Crippen LogP contribution >= 0.6 is 0 Å². The number of rotatable bonds is 8. The summed E-state index contributed by atoms with van der Waals surface area (Å²) < 4.78 is 5.34. The monoisotopic (exact) mass is 503 g/mol. The van der Waals surface area contributed by atoms with Crippen LogP contribution in [-0.2, 0) is 6.42 Å². The number of H-pyrrole nitrogens is 2. The van der Waals surface area contributed by atoms with Gasteiger partial charge in [0.1, 0.15) is 11.4 Å². The Morgan fingerprint density at radius 2 is 1.95 bits per heavy atom. The molecule has 9 heteroatoms. The molecule has 38 heavy (non-hydrogen) atoms. The van der Waals surface area contributed by atoms with Crippen LogP contribution in [-0.4, -0.2) is 44.5 Å². The Bertz CT molecular complexity index is 1740. The van der Waals surface area contributed by atoms with Crippen LogP contribution in [0.4, 0.5) is 11.6 Å². The zero-order valence-corrected chi connectivity index (χ0v) is 20.7. The second-order valence-electron chi connectivity index (χ2n) is 8.85. The Labute approximate surface area is 218 Å². The number of amides is 1. The zero-order chi connectivity index (χ0) is 25.9. The maximum absolute atomic E-state index is 12.8. The maximum atomic E-state index is 12.8. The van der Waals surface area contributed by atoms with Crippen molar-refractivity contribution in [3.63, 3.8) is 0 Å². The van der Waals surface area contributed by atoms with Gasteiger partial charge >= 0.3 is 0 Å². The Hall–Kier alpha value is -5.18. The molecule has 0 saturated carbocycles. The molecule has 0 radical (unpaired) electrons. The topological polar surface area (TPSA) is 121 Å². The molecule has 4 N–H and O–H groups in total. The number of aromatic amines is 2. The highest BCUT2D eigenvalue weighted by Gasteiger charge is 2.11. The first-order valence-electron chi connectivity index (χ1n) is 12.2. The highest BCUT2D eigenvalue weighted by molar-refractivity contribution is 5.98. The maximum Gasteiger partial charge on any atom is 0.267 e. The summed E-state index contributed by atoms with van der Waals surface area (Å²) >= 11 is 0. The fraction of sp³-hybridized carbons (Fsp3) is 0.103. The molecule has 0 fully saturated rings. The summed E-state index contributed by atoms with van der Waals surface area (Å²) in [6, 6.07) is 19.3. The van der Waals surface area contributed by atoms with Crippen molar-refractivity contribution in [3.8, 4) is 17.0 Å². The lowest BCUT2D eigenvalue weighted by atomic mass is 10.1. The van der Waals surface area contributed by atoms with Crippen LogP contribution in [0.25, 0.3) is 33.1 Å². The summed E-state index contributed by atoms with van der Waals surface area (Å²) in [5.74, 6) is 1.14. The van der Waals surface area contributed by atoms with E-state index in [0.717, 1.165) is 50.1 Å². The number of anilines is 2. The molecule has 0 unspecified atom stereocenters. The minimum atomic E-state index is -0.152. The number of methoxy groups -OCH3 is 1. The average molecular weight is 504 g/mol. The van der Waals surface area contributed by atoms with Crippen molar-refractivity contribution in [2.24, 2.45) is 0 Å². The zero-order valence-electron chi connectivity index (χ0n) is 20.7. The number of fused-ring (bicyclic) bond motifs is 2. The normalized spacial score (nSPS) is 11.1. The molecule has 0 saturated heterocycles. The highest BCUT2D eigenvalue weighted by Crippen LogP contribution is 2.25. The van der Waals surface area contributed by atoms with Gasteiger partial charge in [0.05, 0.1) is 12.8 Å². The van der Waals surface area contributed by atoms with Gasteiger partial charge in [0, 0.05) is 64.4 Å². The van der Waals surface area contributed by atoms with Crippen LogP contribution in [0.1, 0.15) is 16.1 Å². The first-order chi connectivity index (χ1) is 18.7. The molecule has 188 valence electrons. The van der Waals surface area contributed by atoms with Gasteiger partial charge in [-0.05, 0) is 72.6 Å². The lowest BCUT2D eigenvalue weighted by Gasteiger charge is -2.06. The second-order valence-corrected chi connectivity index (χ2v) is 8.85. The van der Waals surface area contributed by atoms with E-state index in [1.165, 1.54) is 0 Å². The van der Waals surface area contributed by atoms with Gasteiger partial charge < -0.3 is 25.3 Å². The molecule has 1 amide bonds. The summed E-state index contributed by atoms with van der Waals surface area (Å²) in [5.41, 5.74) is 6.06. The summed E-state index contributed by atoms with van der Waals surface area (Å²) in [6.07, 6.45) is 7.88. The first kappa shape index (κ1) is 23.2. The number of ether oxygens (including phenoxy) is 1. The highest BCUT2D eigenvalue weighted by atomic mass is 16.5. The van der Waals surface area contributed by atoms with Crippen LogP contribution in [0.3, 0.4) is 0 Å². The first-order valence-corrected chi connectivity index (χ1v) is 12.2. The number of carbonyl (C=O) groups excluding carboxylic acids is 1. The van der Waals surface area contributed by atoms with Crippen LogP contribution in [0.5, 0.6) is 5.75 Å². The molecule has 0 atom stereocenters. The predicted octanol–water partition coefficient (Wildman–Crippen LogP) is 5.23. The molecule has 0 aliphatic carbocycles. The molecular formula is C29H25N7O2. The molecule has 2 aromatic carbocycles. The number of hydrogen-bond donors (Lipinski definition) is 4. The van der Waals surface area contributed by atoms with Crippen molar-refractivity contribution < 1.29 is 9.53 Å². The third kappa shape index (κ3) is 4.77. The fourth-order valence-electron chi connectivity index (χ4n) is 4.45. The van der Waals surface area contributed by atoms with E-state index in [-0.39, 0.29) is 5.91 Å². The van der Waals surface area contributed by atoms with E-state index in [0.29, 0.717) is 24.6 Å². The third-order valence-electron chi connectivity index (χ3n) is 6.39. The number of pyridine rings is 1. The Morgan fingerprint density at radius 1 is 1.03 bits per heavy atom. The minimum Gasteiger partial charge on any atom is -0.497 e. The molecule has 0 spiro atoms. The van der Waals surface area contributed by atoms with E-state index >= 15 is 0 Å². The van der Waals surface area contributed by atoms with Gasteiger partial charge in [0.2, 0.25) is 5.95 Å². The molecule has 4 heterocycles. The number of aromatic nitrogens is 5. The molecular weight excluding hydrogens is 478 g/mol. The lowest BCUT2D eigenvalue weighted by molar-refractivity contribution is 0.0950. The van der Waals surface area contributed by atoms with Crippen LogP contribution in [0.15, 0.2) is 85.5 Å². The Balaban J connectivity index is 1.12. The SMILES string of the molecule is COc1ccc2[nH]cc(CCNC(=O)c3cc4cc(Nc5nccc(-c6cccnc6)n5)ccc4[nH]3)c2c1. The van der Waals surface area contributed by atoms with Crippen LogP contribution < -0.4 is 15.4 Å². The van der Waals surface area contributed by atoms with E-state index in [9.17, 15) is 4.79 Å².